The highest BCUT2D eigenvalue weighted by atomic mass is 16.6. The van der Waals surface area contributed by atoms with E-state index in [-0.39, 0.29) is 23.1 Å². The fraction of sp³-hybridized carbons (Fsp3) is 0.308. The van der Waals surface area contributed by atoms with Crippen LogP contribution < -0.4 is 4.74 Å². The Morgan fingerprint density at radius 1 is 1.50 bits per heavy atom. The lowest BCUT2D eigenvalue weighted by atomic mass is 9.97. The number of hydrogen-bond donors (Lipinski definition) is 0. The van der Waals surface area contributed by atoms with Crippen LogP contribution in [0.15, 0.2) is 18.2 Å². The SMILES string of the molecule is N#Cc1c(OC2[CH][CH]CCC2)cccc1[N+](=O)[O-]. The van der Waals surface area contributed by atoms with Crippen LogP contribution in [0.4, 0.5) is 5.69 Å². The van der Waals surface area contributed by atoms with Gasteiger partial charge in [0.05, 0.1) is 4.92 Å². The molecule has 2 rings (SSSR count). The van der Waals surface area contributed by atoms with Crippen molar-refractivity contribution < 1.29 is 9.66 Å². The molecule has 1 aromatic rings. The van der Waals surface area contributed by atoms with Crippen molar-refractivity contribution in [2.45, 2.75) is 25.4 Å². The van der Waals surface area contributed by atoms with E-state index < -0.39 is 4.92 Å². The molecule has 1 aliphatic rings. The molecule has 2 radical (unpaired) electrons. The largest absolute Gasteiger partial charge is 0.488 e. The summed E-state index contributed by atoms with van der Waals surface area (Å²) in [5.41, 5.74) is -0.226. The monoisotopic (exact) mass is 244 g/mol. The maximum Gasteiger partial charge on any atom is 0.290 e. The first-order chi connectivity index (χ1) is 8.72. The number of nitrogens with zero attached hydrogens (tertiary/aromatic N) is 2. The number of hydrogen-bond acceptors (Lipinski definition) is 4. The Morgan fingerprint density at radius 2 is 2.33 bits per heavy atom. The maximum atomic E-state index is 10.8. The van der Waals surface area contributed by atoms with Crippen molar-refractivity contribution >= 4 is 5.69 Å². The third kappa shape index (κ3) is 2.59. The number of nitro groups is 1. The lowest BCUT2D eigenvalue weighted by Crippen LogP contribution is -2.21. The summed E-state index contributed by atoms with van der Waals surface area (Å²) in [4.78, 5) is 10.2. The van der Waals surface area contributed by atoms with Crippen LogP contribution in [0.3, 0.4) is 0 Å². The van der Waals surface area contributed by atoms with Gasteiger partial charge in [-0.3, -0.25) is 10.1 Å². The summed E-state index contributed by atoms with van der Waals surface area (Å²) in [7, 11) is 0. The molecule has 0 heterocycles. The van der Waals surface area contributed by atoms with Gasteiger partial charge < -0.3 is 4.74 Å². The second-order valence-electron chi connectivity index (χ2n) is 4.03. The lowest BCUT2D eigenvalue weighted by Gasteiger charge is -2.22. The molecule has 0 bridgehead atoms. The van der Waals surface area contributed by atoms with Gasteiger partial charge >= 0.3 is 0 Å². The molecular weight excluding hydrogens is 232 g/mol. The van der Waals surface area contributed by atoms with E-state index in [1.54, 1.807) is 6.07 Å². The Labute approximate surface area is 105 Å². The Morgan fingerprint density at radius 3 is 2.94 bits per heavy atom. The summed E-state index contributed by atoms with van der Waals surface area (Å²) in [6.45, 7) is 0. The minimum absolute atomic E-state index is 0.0125. The highest BCUT2D eigenvalue weighted by Gasteiger charge is 2.22. The lowest BCUT2D eigenvalue weighted by molar-refractivity contribution is -0.385. The van der Waals surface area contributed by atoms with Crippen LogP contribution in [-0.2, 0) is 0 Å². The zero-order valence-electron chi connectivity index (χ0n) is 9.70. The fourth-order valence-corrected chi connectivity index (χ4v) is 1.92. The molecule has 1 saturated carbocycles. The van der Waals surface area contributed by atoms with Crippen LogP contribution in [0.2, 0.25) is 0 Å². The number of nitriles is 1. The van der Waals surface area contributed by atoms with Crippen molar-refractivity contribution in [1.29, 1.82) is 5.26 Å². The van der Waals surface area contributed by atoms with Gasteiger partial charge in [-0.2, -0.15) is 5.26 Å². The normalized spacial score (nSPS) is 15.9. The summed E-state index contributed by atoms with van der Waals surface area (Å²) >= 11 is 0. The number of ether oxygens (including phenoxy) is 1. The van der Waals surface area contributed by atoms with Crippen molar-refractivity contribution in [2.24, 2.45) is 0 Å². The van der Waals surface area contributed by atoms with Crippen molar-refractivity contribution in [3.63, 3.8) is 0 Å². The summed E-state index contributed by atoms with van der Waals surface area (Å²) < 4.78 is 5.65. The average Bonchev–Trinajstić information content (AvgIpc) is 2.39. The van der Waals surface area contributed by atoms with Gasteiger partial charge in [0.1, 0.15) is 17.9 Å². The van der Waals surface area contributed by atoms with Crippen LogP contribution in [-0.4, -0.2) is 11.0 Å². The quantitative estimate of drug-likeness (QED) is 0.605. The van der Waals surface area contributed by atoms with E-state index >= 15 is 0 Å². The predicted molar refractivity (Wildman–Crippen MR) is 64.7 cm³/mol. The molecule has 0 amide bonds. The first-order valence-corrected chi connectivity index (χ1v) is 5.73. The van der Waals surface area contributed by atoms with Gasteiger partial charge in [-0.25, -0.2) is 0 Å². The molecule has 0 aromatic heterocycles. The molecular formula is C13H12N2O3. The molecule has 1 aromatic carbocycles. The fourth-order valence-electron chi connectivity index (χ4n) is 1.92. The maximum absolute atomic E-state index is 10.8. The van der Waals surface area contributed by atoms with Crippen LogP contribution in [0, 0.1) is 34.3 Å². The number of benzene rings is 1. The molecule has 1 aliphatic carbocycles. The number of rotatable bonds is 3. The van der Waals surface area contributed by atoms with Gasteiger partial charge in [0, 0.05) is 12.5 Å². The second kappa shape index (κ2) is 5.50. The summed E-state index contributed by atoms with van der Waals surface area (Å²) in [6, 6.07) is 6.27. The minimum atomic E-state index is -0.567. The molecule has 5 heteroatoms. The highest BCUT2D eigenvalue weighted by molar-refractivity contribution is 5.57. The molecule has 0 N–H and O–H groups in total. The first-order valence-electron chi connectivity index (χ1n) is 5.73. The Balaban J connectivity index is 2.24. The van der Waals surface area contributed by atoms with Crippen molar-refractivity contribution in [2.75, 3.05) is 0 Å². The smallest absolute Gasteiger partial charge is 0.290 e. The van der Waals surface area contributed by atoms with Crippen molar-refractivity contribution in [1.82, 2.24) is 0 Å². The van der Waals surface area contributed by atoms with E-state index in [2.05, 4.69) is 0 Å². The third-order valence-corrected chi connectivity index (χ3v) is 2.80. The topological polar surface area (TPSA) is 76.2 Å². The van der Waals surface area contributed by atoms with Gasteiger partial charge in [0.25, 0.3) is 5.69 Å². The molecule has 0 saturated heterocycles. The minimum Gasteiger partial charge on any atom is -0.488 e. The molecule has 1 atom stereocenters. The van der Waals surface area contributed by atoms with E-state index in [0.717, 1.165) is 19.3 Å². The molecule has 1 fully saturated rings. The van der Waals surface area contributed by atoms with Crippen LogP contribution in [0.25, 0.3) is 0 Å². The van der Waals surface area contributed by atoms with E-state index in [0.29, 0.717) is 0 Å². The molecule has 1 unspecified atom stereocenters. The zero-order chi connectivity index (χ0) is 13.0. The third-order valence-electron chi connectivity index (χ3n) is 2.80. The van der Waals surface area contributed by atoms with Crippen molar-refractivity contribution in [3.8, 4) is 11.8 Å². The van der Waals surface area contributed by atoms with E-state index in [4.69, 9.17) is 10.00 Å². The molecule has 0 spiro atoms. The Hall–Kier alpha value is -2.09. The van der Waals surface area contributed by atoms with Crippen LogP contribution in [0.1, 0.15) is 24.8 Å². The molecule has 92 valence electrons. The summed E-state index contributed by atoms with van der Waals surface area (Å²) in [5, 5.41) is 19.8. The van der Waals surface area contributed by atoms with Gasteiger partial charge in [0.15, 0.2) is 5.56 Å². The Bertz CT molecular complexity index is 487. The summed E-state index contributed by atoms with van der Waals surface area (Å²) in [6.07, 6.45) is 6.77. The van der Waals surface area contributed by atoms with Crippen LogP contribution in [0.5, 0.6) is 5.75 Å². The van der Waals surface area contributed by atoms with Gasteiger partial charge in [-0.05, 0) is 31.7 Å². The standard InChI is InChI=1S/C13H12N2O3/c14-9-11-12(15(16)17)7-4-8-13(11)18-10-5-2-1-3-6-10/h2,4-5,7-8,10H,1,3,6H2. The van der Waals surface area contributed by atoms with E-state index in [1.165, 1.54) is 12.1 Å². The molecule has 18 heavy (non-hydrogen) atoms. The van der Waals surface area contributed by atoms with Gasteiger partial charge in [-0.15, -0.1) is 0 Å². The second-order valence-corrected chi connectivity index (χ2v) is 4.03. The number of nitro benzene ring substituents is 1. The van der Waals surface area contributed by atoms with Crippen molar-refractivity contribution in [3.05, 3.63) is 46.7 Å². The van der Waals surface area contributed by atoms with E-state index in [1.807, 2.05) is 18.9 Å². The summed E-state index contributed by atoms with van der Waals surface area (Å²) in [5.74, 6) is 0.281. The van der Waals surface area contributed by atoms with E-state index in [9.17, 15) is 10.1 Å². The predicted octanol–water partition coefficient (Wildman–Crippen LogP) is 2.81. The molecule has 5 nitrogen and oxygen atoms in total. The first kappa shape index (κ1) is 12.4. The molecule has 0 aliphatic heterocycles. The van der Waals surface area contributed by atoms with Gasteiger partial charge in [0.2, 0.25) is 0 Å². The van der Waals surface area contributed by atoms with Crippen LogP contribution >= 0.6 is 0 Å². The zero-order valence-corrected chi connectivity index (χ0v) is 9.70. The van der Waals surface area contributed by atoms with Gasteiger partial charge in [-0.1, -0.05) is 6.07 Å². The highest BCUT2D eigenvalue weighted by Crippen LogP contribution is 2.30. The Kier molecular flexibility index (Phi) is 3.78. The average molecular weight is 244 g/mol.